The van der Waals surface area contributed by atoms with Crippen LogP contribution in [0.3, 0.4) is 0 Å². The van der Waals surface area contributed by atoms with Crippen molar-refractivity contribution in [2.24, 2.45) is 4.99 Å². The summed E-state index contributed by atoms with van der Waals surface area (Å²) in [6, 6.07) is 22.1. The Balaban J connectivity index is 1.42. The van der Waals surface area contributed by atoms with Gasteiger partial charge in [-0.2, -0.15) is 0 Å². The molecule has 7 heteroatoms. The van der Waals surface area contributed by atoms with E-state index in [4.69, 9.17) is 23.7 Å². The molecule has 0 atom stereocenters. The highest BCUT2D eigenvalue weighted by Crippen LogP contribution is 2.30. The van der Waals surface area contributed by atoms with Gasteiger partial charge in [0.1, 0.15) is 24.7 Å². The van der Waals surface area contributed by atoms with Crippen LogP contribution in [-0.4, -0.2) is 38.8 Å². The number of carbonyl (C=O) groups excluding carboxylic acids is 1. The zero-order valence-corrected chi connectivity index (χ0v) is 19.0. The molecule has 0 N–H and O–H groups in total. The van der Waals surface area contributed by atoms with Crippen LogP contribution in [0.5, 0.6) is 23.0 Å². The van der Waals surface area contributed by atoms with Crippen LogP contribution in [0.1, 0.15) is 18.1 Å². The van der Waals surface area contributed by atoms with Crippen molar-refractivity contribution >= 4 is 17.9 Å². The van der Waals surface area contributed by atoms with Crippen LogP contribution >= 0.6 is 0 Å². The number of aliphatic imine (C=N–C) groups is 1. The van der Waals surface area contributed by atoms with E-state index in [1.807, 2.05) is 67.6 Å². The topological polar surface area (TPSA) is 75.6 Å². The molecule has 0 saturated carbocycles. The number of cyclic esters (lactones) is 1. The Morgan fingerprint density at radius 2 is 1.65 bits per heavy atom. The summed E-state index contributed by atoms with van der Waals surface area (Å²) in [4.78, 5) is 16.6. The molecule has 1 heterocycles. The molecule has 0 amide bonds. The molecule has 3 aromatic carbocycles. The fraction of sp³-hybridized carbons (Fsp3) is 0.185. The van der Waals surface area contributed by atoms with Crippen LogP contribution < -0.4 is 18.9 Å². The molecule has 0 unspecified atom stereocenters. The normalized spacial score (nSPS) is 13.9. The third kappa shape index (κ3) is 5.75. The third-order valence-corrected chi connectivity index (χ3v) is 4.86. The van der Waals surface area contributed by atoms with Gasteiger partial charge in [0.2, 0.25) is 5.90 Å². The summed E-state index contributed by atoms with van der Waals surface area (Å²) in [5, 5.41) is 0. The average molecular weight is 459 g/mol. The molecule has 1 aliphatic heterocycles. The van der Waals surface area contributed by atoms with E-state index in [2.05, 4.69) is 4.99 Å². The minimum absolute atomic E-state index is 0.224. The molecule has 0 saturated heterocycles. The van der Waals surface area contributed by atoms with Gasteiger partial charge >= 0.3 is 5.97 Å². The first-order chi connectivity index (χ1) is 16.7. The Hall–Kier alpha value is -4.26. The van der Waals surface area contributed by atoms with Gasteiger partial charge in [0.25, 0.3) is 0 Å². The number of benzene rings is 3. The van der Waals surface area contributed by atoms with Gasteiger partial charge < -0.3 is 23.7 Å². The fourth-order valence-corrected chi connectivity index (χ4v) is 3.28. The number of methoxy groups -OCH3 is 1. The molecular formula is C27H25NO6. The van der Waals surface area contributed by atoms with E-state index in [-0.39, 0.29) is 11.6 Å². The maximum Gasteiger partial charge on any atom is 0.363 e. The Morgan fingerprint density at radius 3 is 2.44 bits per heavy atom. The Labute approximate surface area is 198 Å². The van der Waals surface area contributed by atoms with Crippen LogP contribution in [0.2, 0.25) is 0 Å². The first-order valence-electron chi connectivity index (χ1n) is 10.9. The van der Waals surface area contributed by atoms with Crippen molar-refractivity contribution < 1.29 is 28.5 Å². The van der Waals surface area contributed by atoms with Crippen molar-refractivity contribution in [2.45, 2.75) is 6.92 Å². The lowest BCUT2D eigenvalue weighted by atomic mass is 10.1. The SMILES string of the molecule is CCOc1cc(/C=C2\N=C(c3ccccc3)OC2=O)ccc1OCCOc1cccc(OC)c1. The summed E-state index contributed by atoms with van der Waals surface area (Å²) in [6.45, 7) is 3.04. The van der Waals surface area contributed by atoms with E-state index in [1.54, 1.807) is 25.3 Å². The Morgan fingerprint density at radius 1 is 0.853 bits per heavy atom. The van der Waals surface area contributed by atoms with Crippen molar-refractivity contribution in [3.8, 4) is 23.0 Å². The molecular weight excluding hydrogens is 434 g/mol. The smallest absolute Gasteiger partial charge is 0.363 e. The van der Waals surface area contributed by atoms with Crippen molar-refractivity contribution in [1.82, 2.24) is 0 Å². The number of carbonyl (C=O) groups is 1. The van der Waals surface area contributed by atoms with E-state index in [0.717, 1.165) is 16.9 Å². The minimum Gasteiger partial charge on any atom is -0.497 e. The van der Waals surface area contributed by atoms with Crippen LogP contribution in [0.25, 0.3) is 6.08 Å². The molecule has 3 aromatic rings. The first kappa shape index (κ1) is 22.9. The van der Waals surface area contributed by atoms with Gasteiger partial charge in [-0.15, -0.1) is 0 Å². The summed E-state index contributed by atoms with van der Waals surface area (Å²) < 4.78 is 27.8. The van der Waals surface area contributed by atoms with Crippen LogP contribution in [-0.2, 0) is 9.53 Å². The second kappa shape index (κ2) is 11.0. The number of esters is 1. The van der Waals surface area contributed by atoms with E-state index in [9.17, 15) is 4.79 Å². The predicted molar refractivity (Wildman–Crippen MR) is 129 cm³/mol. The van der Waals surface area contributed by atoms with Gasteiger partial charge in [-0.25, -0.2) is 9.79 Å². The highest BCUT2D eigenvalue weighted by molar-refractivity contribution is 6.12. The molecule has 0 fully saturated rings. The quantitative estimate of drug-likeness (QED) is 0.244. The number of hydrogen-bond donors (Lipinski definition) is 0. The molecule has 4 rings (SSSR count). The lowest BCUT2D eigenvalue weighted by Crippen LogP contribution is -2.10. The highest BCUT2D eigenvalue weighted by atomic mass is 16.6. The van der Waals surface area contributed by atoms with Gasteiger partial charge in [-0.3, -0.25) is 0 Å². The molecule has 0 bridgehead atoms. The van der Waals surface area contributed by atoms with Gasteiger partial charge in [-0.05, 0) is 55.0 Å². The summed E-state index contributed by atoms with van der Waals surface area (Å²) >= 11 is 0. The predicted octanol–water partition coefficient (Wildman–Crippen LogP) is 4.90. The van der Waals surface area contributed by atoms with Gasteiger partial charge in [0.05, 0.1) is 13.7 Å². The van der Waals surface area contributed by atoms with Crippen LogP contribution in [0.4, 0.5) is 0 Å². The van der Waals surface area contributed by atoms with E-state index < -0.39 is 5.97 Å². The zero-order chi connectivity index (χ0) is 23.8. The van der Waals surface area contributed by atoms with Crippen molar-refractivity contribution in [3.05, 3.63) is 89.6 Å². The van der Waals surface area contributed by atoms with Crippen LogP contribution in [0, 0.1) is 0 Å². The van der Waals surface area contributed by atoms with Gasteiger partial charge in [0, 0.05) is 11.6 Å². The maximum atomic E-state index is 12.3. The summed E-state index contributed by atoms with van der Waals surface area (Å²) in [5.74, 6) is 2.38. The molecule has 7 nitrogen and oxygen atoms in total. The lowest BCUT2D eigenvalue weighted by Gasteiger charge is -2.13. The number of ether oxygens (including phenoxy) is 5. The average Bonchev–Trinajstić information content (AvgIpc) is 3.23. The number of rotatable bonds is 10. The number of nitrogens with zero attached hydrogens (tertiary/aromatic N) is 1. The Kier molecular flexibility index (Phi) is 7.45. The zero-order valence-electron chi connectivity index (χ0n) is 19.0. The van der Waals surface area contributed by atoms with Crippen molar-refractivity contribution in [3.63, 3.8) is 0 Å². The standard InChI is InChI=1S/C27H25NO6/c1-3-31-25-17-19(16-23-27(29)34-26(28-23)20-8-5-4-6-9-20)12-13-24(25)33-15-14-32-22-11-7-10-21(18-22)30-2/h4-13,16-18H,3,14-15H2,1-2H3/b23-16-. The summed E-state index contributed by atoms with van der Waals surface area (Å²) in [6.07, 6.45) is 1.66. The van der Waals surface area contributed by atoms with E-state index in [1.165, 1.54) is 0 Å². The number of hydrogen-bond acceptors (Lipinski definition) is 7. The second-order valence-electron chi connectivity index (χ2n) is 7.22. The third-order valence-electron chi connectivity index (χ3n) is 4.86. The van der Waals surface area contributed by atoms with Crippen molar-refractivity contribution in [1.29, 1.82) is 0 Å². The van der Waals surface area contributed by atoms with E-state index >= 15 is 0 Å². The van der Waals surface area contributed by atoms with Gasteiger partial charge in [0.15, 0.2) is 17.2 Å². The Bertz CT molecular complexity index is 1200. The molecule has 34 heavy (non-hydrogen) atoms. The van der Waals surface area contributed by atoms with Gasteiger partial charge in [-0.1, -0.05) is 30.3 Å². The molecule has 1 aliphatic rings. The minimum atomic E-state index is -0.494. The van der Waals surface area contributed by atoms with Crippen molar-refractivity contribution in [2.75, 3.05) is 26.9 Å². The first-order valence-corrected chi connectivity index (χ1v) is 10.9. The molecule has 0 spiro atoms. The fourth-order valence-electron chi connectivity index (χ4n) is 3.28. The maximum absolute atomic E-state index is 12.3. The van der Waals surface area contributed by atoms with Crippen LogP contribution in [0.15, 0.2) is 83.5 Å². The molecule has 0 aliphatic carbocycles. The lowest BCUT2D eigenvalue weighted by molar-refractivity contribution is -0.129. The molecule has 0 radical (unpaired) electrons. The second-order valence-corrected chi connectivity index (χ2v) is 7.22. The van der Waals surface area contributed by atoms with E-state index in [0.29, 0.717) is 37.1 Å². The molecule has 174 valence electrons. The highest BCUT2D eigenvalue weighted by Gasteiger charge is 2.24. The summed E-state index contributed by atoms with van der Waals surface area (Å²) in [5.41, 5.74) is 1.71. The summed E-state index contributed by atoms with van der Waals surface area (Å²) in [7, 11) is 1.61. The monoisotopic (exact) mass is 459 g/mol. The molecule has 0 aromatic heterocycles. The largest absolute Gasteiger partial charge is 0.497 e.